The van der Waals surface area contributed by atoms with E-state index in [1.54, 1.807) is 7.11 Å². The maximum absolute atomic E-state index is 10.6. The van der Waals surface area contributed by atoms with Gasteiger partial charge in [-0.1, -0.05) is 41.6 Å². The molecule has 1 aromatic heterocycles. The molecule has 0 amide bonds. The zero-order chi connectivity index (χ0) is 24.0. The Kier molecular flexibility index (Phi) is 7.51. The van der Waals surface area contributed by atoms with Crippen LogP contribution in [0.25, 0.3) is 11.3 Å². The molecule has 2 aliphatic heterocycles. The number of ether oxygens (including phenoxy) is 3. The van der Waals surface area contributed by atoms with E-state index in [1.165, 1.54) is 6.42 Å². The molecule has 1 N–H and O–H groups in total. The number of hydrogen-bond donors (Lipinski definition) is 1. The second-order valence-corrected chi connectivity index (χ2v) is 9.20. The number of aromatic nitrogens is 1. The summed E-state index contributed by atoms with van der Waals surface area (Å²) in [5.41, 5.74) is 4.00. The van der Waals surface area contributed by atoms with Gasteiger partial charge in [0.25, 0.3) is 0 Å². The molecule has 2 aliphatic rings. The molecule has 0 aliphatic carbocycles. The Hall–Kier alpha value is -3.07. The van der Waals surface area contributed by atoms with Crippen LogP contribution < -0.4 is 14.4 Å². The van der Waals surface area contributed by atoms with Crippen molar-refractivity contribution in [3.63, 3.8) is 0 Å². The minimum atomic E-state index is -0.618. The topological polar surface area (TPSA) is 80.4 Å². The number of piperidine rings is 1. The van der Waals surface area contributed by atoms with E-state index < -0.39 is 6.10 Å². The van der Waals surface area contributed by atoms with Gasteiger partial charge in [0.15, 0.2) is 11.5 Å². The standard InChI is InChI=1S/C27H33N3O5/c1-32-18-22(31)16-29(15-20-10-11-24-25(14-20)34-19-33-24)17-23-26(21-8-4-2-5-9-21)28-35-27(23)30-12-6-3-7-13-30/h2,4-5,8-11,14,22,31H,3,6-7,12-13,15-19H2,1H3. The third-order valence-electron chi connectivity index (χ3n) is 6.51. The van der Waals surface area contributed by atoms with E-state index in [4.69, 9.17) is 18.7 Å². The Balaban J connectivity index is 1.46. The van der Waals surface area contributed by atoms with Gasteiger partial charge in [0, 0.05) is 45.4 Å². The summed E-state index contributed by atoms with van der Waals surface area (Å²) in [5, 5.41) is 15.1. The van der Waals surface area contributed by atoms with Gasteiger partial charge in [0.2, 0.25) is 12.7 Å². The molecule has 186 valence electrons. The number of anilines is 1. The molecule has 3 aromatic rings. The number of methoxy groups -OCH3 is 1. The molecular weight excluding hydrogens is 446 g/mol. The summed E-state index contributed by atoms with van der Waals surface area (Å²) in [4.78, 5) is 4.52. The van der Waals surface area contributed by atoms with Crippen LogP contribution in [0.15, 0.2) is 53.1 Å². The van der Waals surface area contributed by atoms with E-state index in [1.807, 2.05) is 36.4 Å². The fraction of sp³-hybridized carbons (Fsp3) is 0.444. The average Bonchev–Trinajstić information content (AvgIpc) is 3.52. The zero-order valence-electron chi connectivity index (χ0n) is 20.2. The number of aliphatic hydroxyl groups is 1. The fourth-order valence-corrected chi connectivity index (χ4v) is 4.86. The molecule has 0 saturated carbocycles. The van der Waals surface area contributed by atoms with Gasteiger partial charge >= 0.3 is 0 Å². The predicted molar refractivity (Wildman–Crippen MR) is 133 cm³/mol. The molecule has 5 rings (SSSR count). The second kappa shape index (κ2) is 11.1. The largest absolute Gasteiger partial charge is 0.454 e. The summed E-state index contributed by atoms with van der Waals surface area (Å²) in [6, 6.07) is 16.1. The van der Waals surface area contributed by atoms with Crippen LogP contribution in [-0.4, -0.2) is 61.4 Å². The van der Waals surface area contributed by atoms with E-state index in [-0.39, 0.29) is 13.4 Å². The molecule has 0 radical (unpaired) electrons. The highest BCUT2D eigenvalue weighted by molar-refractivity contribution is 5.68. The highest BCUT2D eigenvalue weighted by Crippen LogP contribution is 2.35. The summed E-state index contributed by atoms with van der Waals surface area (Å²) >= 11 is 0. The second-order valence-electron chi connectivity index (χ2n) is 9.20. The summed E-state index contributed by atoms with van der Waals surface area (Å²) in [6.07, 6.45) is 2.92. The first kappa shape index (κ1) is 23.7. The molecule has 2 aromatic carbocycles. The zero-order valence-corrected chi connectivity index (χ0v) is 20.2. The van der Waals surface area contributed by atoms with E-state index in [0.29, 0.717) is 19.6 Å². The van der Waals surface area contributed by atoms with Crippen LogP contribution in [0.1, 0.15) is 30.4 Å². The molecule has 1 fully saturated rings. The minimum Gasteiger partial charge on any atom is -0.454 e. The SMILES string of the molecule is COCC(O)CN(Cc1ccc2c(c1)OCO2)Cc1c(-c2ccccc2)noc1N1CCCCC1. The Bertz CT molecular complexity index is 1100. The van der Waals surface area contributed by atoms with Crippen LogP contribution in [0, 0.1) is 0 Å². The maximum atomic E-state index is 10.6. The molecule has 3 heterocycles. The molecule has 8 nitrogen and oxygen atoms in total. The van der Waals surface area contributed by atoms with Gasteiger partial charge < -0.3 is 28.7 Å². The van der Waals surface area contributed by atoms with Crippen LogP contribution >= 0.6 is 0 Å². The van der Waals surface area contributed by atoms with Gasteiger partial charge in [-0.15, -0.1) is 0 Å². The molecule has 1 saturated heterocycles. The Labute approximate surface area is 206 Å². The van der Waals surface area contributed by atoms with Gasteiger partial charge in [0.05, 0.1) is 18.3 Å². The number of fused-ring (bicyclic) bond motifs is 1. The van der Waals surface area contributed by atoms with Crippen molar-refractivity contribution in [3.05, 3.63) is 59.7 Å². The Morgan fingerprint density at radius 3 is 2.63 bits per heavy atom. The van der Waals surface area contributed by atoms with Crippen molar-refractivity contribution in [3.8, 4) is 22.8 Å². The molecule has 8 heteroatoms. The van der Waals surface area contributed by atoms with Crippen LogP contribution in [0.2, 0.25) is 0 Å². The first-order valence-corrected chi connectivity index (χ1v) is 12.3. The van der Waals surface area contributed by atoms with Crippen LogP contribution in [0.3, 0.4) is 0 Å². The molecule has 1 atom stereocenters. The lowest BCUT2D eigenvalue weighted by Gasteiger charge is -2.29. The fourth-order valence-electron chi connectivity index (χ4n) is 4.86. The van der Waals surface area contributed by atoms with E-state index in [2.05, 4.69) is 27.1 Å². The third-order valence-corrected chi connectivity index (χ3v) is 6.51. The summed E-state index contributed by atoms with van der Waals surface area (Å²) in [7, 11) is 1.60. The number of rotatable bonds is 10. The number of hydrogen-bond acceptors (Lipinski definition) is 8. The third kappa shape index (κ3) is 5.61. The van der Waals surface area contributed by atoms with Crippen molar-refractivity contribution in [1.82, 2.24) is 10.1 Å². The highest BCUT2D eigenvalue weighted by Gasteiger charge is 2.26. The van der Waals surface area contributed by atoms with Crippen LogP contribution in [0.5, 0.6) is 11.5 Å². The Morgan fingerprint density at radius 1 is 1.03 bits per heavy atom. The van der Waals surface area contributed by atoms with Gasteiger partial charge in [0.1, 0.15) is 5.69 Å². The van der Waals surface area contributed by atoms with E-state index in [0.717, 1.165) is 65.7 Å². The van der Waals surface area contributed by atoms with E-state index >= 15 is 0 Å². The van der Waals surface area contributed by atoms with Crippen LogP contribution in [-0.2, 0) is 17.8 Å². The van der Waals surface area contributed by atoms with Gasteiger partial charge in [-0.3, -0.25) is 4.90 Å². The van der Waals surface area contributed by atoms with Gasteiger partial charge in [-0.2, -0.15) is 0 Å². The van der Waals surface area contributed by atoms with Crippen molar-refractivity contribution < 1.29 is 23.8 Å². The Morgan fingerprint density at radius 2 is 1.83 bits per heavy atom. The highest BCUT2D eigenvalue weighted by atomic mass is 16.7. The monoisotopic (exact) mass is 479 g/mol. The van der Waals surface area contributed by atoms with Crippen molar-refractivity contribution >= 4 is 5.88 Å². The van der Waals surface area contributed by atoms with Crippen molar-refractivity contribution in [2.75, 3.05) is 45.0 Å². The summed E-state index contributed by atoms with van der Waals surface area (Å²) in [5.74, 6) is 2.35. The average molecular weight is 480 g/mol. The van der Waals surface area contributed by atoms with Crippen LogP contribution in [0.4, 0.5) is 5.88 Å². The number of benzene rings is 2. The lowest BCUT2D eigenvalue weighted by atomic mass is 10.0. The minimum absolute atomic E-state index is 0.245. The molecule has 1 unspecified atom stereocenters. The maximum Gasteiger partial charge on any atom is 0.232 e. The summed E-state index contributed by atoms with van der Waals surface area (Å²) in [6.45, 7) is 4.09. The lowest BCUT2D eigenvalue weighted by Crippen LogP contribution is -2.35. The molecule has 35 heavy (non-hydrogen) atoms. The first-order chi connectivity index (χ1) is 17.2. The van der Waals surface area contributed by atoms with Gasteiger partial charge in [-0.05, 0) is 37.0 Å². The predicted octanol–water partition coefficient (Wildman–Crippen LogP) is 4.07. The normalized spacial score (nSPS) is 16.1. The van der Waals surface area contributed by atoms with Crippen molar-refractivity contribution in [1.29, 1.82) is 0 Å². The molecule has 0 spiro atoms. The number of aliphatic hydroxyl groups excluding tert-OH is 1. The lowest BCUT2D eigenvalue weighted by molar-refractivity contribution is 0.0338. The smallest absolute Gasteiger partial charge is 0.232 e. The van der Waals surface area contributed by atoms with Crippen molar-refractivity contribution in [2.24, 2.45) is 0 Å². The van der Waals surface area contributed by atoms with Gasteiger partial charge in [-0.25, -0.2) is 0 Å². The molecular formula is C27H33N3O5. The number of nitrogens with zero attached hydrogens (tertiary/aromatic N) is 3. The summed E-state index contributed by atoms with van der Waals surface area (Å²) < 4.78 is 22.2. The van der Waals surface area contributed by atoms with E-state index in [9.17, 15) is 5.11 Å². The first-order valence-electron chi connectivity index (χ1n) is 12.3. The van der Waals surface area contributed by atoms with Crippen molar-refractivity contribution in [2.45, 2.75) is 38.5 Å². The quantitative estimate of drug-likeness (QED) is 0.466. The molecule has 0 bridgehead atoms.